The van der Waals surface area contributed by atoms with E-state index in [0.717, 1.165) is 0 Å². The SMILES string of the molecule is CC(=O)Nc1cccc(NS(=O)(=O)c2ccc(N(C)C(C)=O)cc2)c1. The summed E-state index contributed by atoms with van der Waals surface area (Å²) in [5.74, 6) is -0.395. The summed E-state index contributed by atoms with van der Waals surface area (Å²) in [6.07, 6.45) is 0. The smallest absolute Gasteiger partial charge is 0.261 e. The largest absolute Gasteiger partial charge is 0.326 e. The van der Waals surface area contributed by atoms with Gasteiger partial charge in [0.05, 0.1) is 10.6 Å². The van der Waals surface area contributed by atoms with Crippen LogP contribution in [0, 0.1) is 0 Å². The number of amides is 2. The summed E-state index contributed by atoms with van der Waals surface area (Å²) < 4.78 is 27.4. The molecule has 0 heterocycles. The summed E-state index contributed by atoms with van der Waals surface area (Å²) in [6, 6.07) is 12.4. The van der Waals surface area contributed by atoms with Crippen LogP contribution in [0.1, 0.15) is 13.8 Å². The van der Waals surface area contributed by atoms with E-state index in [1.807, 2.05) is 0 Å². The monoisotopic (exact) mass is 361 g/mol. The van der Waals surface area contributed by atoms with Crippen LogP contribution in [-0.4, -0.2) is 27.3 Å². The van der Waals surface area contributed by atoms with Crippen molar-refractivity contribution in [3.05, 3.63) is 48.5 Å². The van der Waals surface area contributed by atoms with Crippen molar-refractivity contribution < 1.29 is 18.0 Å². The lowest BCUT2D eigenvalue weighted by Gasteiger charge is -2.15. The van der Waals surface area contributed by atoms with Crippen LogP contribution in [0.15, 0.2) is 53.4 Å². The van der Waals surface area contributed by atoms with Gasteiger partial charge in [0.1, 0.15) is 0 Å². The maximum Gasteiger partial charge on any atom is 0.261 e. The Morgan fingerprint density at radius 3 is 2.12 bits per heavy atom. The van der Waals surface area contributed by atoms with Gasteiger partial charge >= 0.3 is 0 Å². The zero-order valence-electron chi connectivity index (χ0n) is 14.1. The molecule has 25 heavy (non-hydrogen) atoms. The molecule has 0 aliphatic rings. The van der Waals surface area contributed by atoms with E-state index >= 15 is 0 Å². The van der Waals surface area contributed by atoms with Crippen molar-refractivity contribution in [3.63, 3.8) is 0 Å². The predicted molar refractivity (Wildman–Crippen MR) is 97.1 cm³/mol. The number of carbonyl (C=O) groups is 2. The molecule has 2 N–H and O–H groups in total. The van der Waals surface area contributed by atoms with E-state index in [0.29, 0.717) is 17.1 Å². The molecule has 0 aliphatic carbocycles. The van der Waals surface area contributed by atoms with E-state index in [4.69, 9.17) is 0 Å². The zero-order chi connectivity index (χ0) is 18.6. The van der Waals surface area contributed by atoms with Crippen LogP contribution >= 0.6 is 0 Å². The summed E-state index contributed by atoms with van der Waals surface area (Å²) >= 11 is 0. The zero-order valence-corrected chi connectivity index (χ0v) is 14.9. The van der Waals surface area contributed by atoms with Crippen LogP contribution in [0.4, 0.5) is 17.1 Å². The van der Waals surface area contributed by atoms with Gasteiger partial charge in [0, 0.05) is 32.3 Å². The Morgan fingerprint density at radius 1 is 0.960 bits per heavy atom. The second-order valence-electron chi connectivity index (χ2n) is 5.44. The van der Waals surface area contributed by atoms with Gasteiger partial charge in [-0.25, -0.2) is 8.42 Å². The number of rotatable bonds is 5. The fourth-order valence-corrected chi connectivity index (χ4v) is 3.16. The van der Waals surface area contributed by atoms with Crippen molar-refractivity contribution in [1.82, 2.24) is 0 Å². The van der Waals surface area contributed by atoms with Gasteiger partial charge in [-0.15, -0.1) is 0 Å². The maximum absolute atomic E-state index is 12.5. The van der Waals surface area contributed by atoms with Gasteiger partial charge in [-0.05, 0) is 42.5 Å². The maximum atomic E-state index is 12.5. The van der Waals surface area contributed by atoms with Crippen LogP contribution in [0.5, 0.6) is 0 Å². The average molecular weight is 361 g/mol. The van der Waals surface area contributed by atoms with E-state index in [2.05, 4.69) is 10.0 Å². The number of hydrogen-bond donors (Lipinski definition) is 2. The number of carbonyl (C=O) groups excluding carboxylic acids is 2. The van der Waals surface area contributed by atoms with Crippen molar-refractivity contribution in [2.75, 3.05) is 22.0 Å². The minimum Gasteiger partial charge on any atom is -0.326 e. The van der Waals surface area contributed by atoms with Crippen molar-refractivity contribution >= 4 is 38.9 Å². The molecule has 2 rings (SSSR count). The number of benzene rings is 2. The lowest BCUT2D eigenvalue weighted by molar-refractivity contribution is -0.116. The lowest BCUT2D eigenvalue weighted by atomic mass is 10.3. The van der Waals surface area contributed by atoms with Crippen LogP contribution < -0.4 is 14.9 Å². The highest BCUT2D eigenvalue weighted by atomic mass is 32.2. The second-order valence-corrected chi connectivity index (χ2v) is 7.12. The highest BCUT2D eigenvalue weighted by Crippen LogP contribution is 2.21. The molecule has 0 radical (unpaired) electrons. The second kappa shape index (κ2) is 7.35. The van der Waals surface area contributed by atoms with Crippen LogP contribution in [0.3, 0.4) is 0 Å². The van der Waals surface area contributed by atoms with Crippen LogP contribution in [0.25, 0.3) is 0 Å². The fourth-order valence-electron chi connectivity index (χ4n) is 2.11. The normalized spacial score (nSPS) is 10.8. The molecule has 0 atom stereocenters. The summed E-state index contributed by atoms with van der Waals surface area (Å²) in [5, 5.41) is 2.59. The van der Waals surface area contributed by atoms with Crippen molar-refractivity contribution in [2.24, 2.45) is 0 Å². The quantitative estimate of drug-likeness (QED) is 0.855. The molecule has 0 fully saturated rings. The van der Waals surface area contributed by atoms with E-state index in [9.17, 15) is 18.0 Å². The van der Waals surface area contributed by atoms with Gasteiger partial charge in [-0.1, -0.05) is 6.07 Å². The number of nitrogens with zero attached hydrogens (tertiary/aromatic N) is 1. The van der Waals surface area contributed by atoms with Crippen molar-refractivity contribution in [3.8, 4) is 0 Å². The third-order valence-corrected chi connectivity index (χ3v) is 4.84. The van der Waals surface area contributed by atoms with Crippen LogP contribution in [0.2, 0.25) is 0 Å². The first-order valence-electron chi connectivity index (χ1n) is 7.44. The number of anilines is 3. The van der Waals surface area contributed by atoms with E-state index in [1.165, 1.54) is 36.9 Å². The van der Waals surface area contributed by atoms with Gasteiger partial charge in [0.15, 0.2) is 0 Å². The fraction of sp³-hybridized carbons (Fsp3) is 0.176. The number of nitrogens with one attached hydrogen (secondary N) is 2. The molecular weight excluding hydrogens is 342 g/mol. The highest BCUT2D eigenvalue weighted by molar-refractivity contribution is 7.92. The standard InChI is InChI=1S/C17H19N3O4S/c1-12(21)18-14-5-4-6-15(11-14)19-25(23,24)17-9-7-16(8-10-17)20(3)13(2)22/h4-11,19H,1-3H3,(H,18,21). The van der Waals surface area contributed by atoms with Crippen molar-refractivity contribution in [1.29, 1.82) is 0 Å². The third-order valence-electron chi connectivity index (χ3n) is 3.44. The Kier molecular flexibility index (Phi) is 5.43. The Bertz CT molecular complexity index is 892. The van der Waals surface area contributed by atoms with E-state index in [1.54, 1.807) is 37.4 Å². The predicted octanol–water partition coefficient (Wildman–Crippen LogP) is 2.43. The van der Waals surface area contributed by atoms with Crippen LogP contribution in [-0.2, 0) is 19.6 Å². The molecule has 7 nitrogen and oxygen atoms in total. The molecule has 0 saturated carbocycles. The molecule has 132 valence electrons. The topological polar surface area (TPSA) is 95.6 Å². The van der Waals surface area contributed by atoms with Crippen molar-refractivity contribution in [2.45, 2.75) is 18.7 Å². The first kappa shape index (κ1) is 18.5. The summed E-state index contributed by atoms with van der Waals surface area (Å²) in [6.45, 7) is 2.80. The van der Waals surface area contributed by atoms with Gasteiger partial charge in [-0.3, -0.25) is 14.3 Å². The first-order chi connectivity index (χ1) is 11.7. The van der Waals surface area contributed by atoms with Gasteiger partial charge in [-0.2, -0.15) is 0 Å². The number of hydrogen-bond acceptors (Lipinski definition) is 4. The molecular formula is C17H19N3O4S. The molecule has 2 aromatic carbocycles. The van der Waals surface area contributed by atoms with Gasteiger partial charge in [0.2, 0.25) is 11.8 Å². The van der Waals surface area contributed by atoms with Gasteiger partial charge in [0.25, 0.3) is 10.0 Å². The molecule has 0 bridgehead atoms. The Labute approximate surface area is 146 Å². The highest BCUT2D eigenvalue weighted by Gasteiger charge is 2.15. The lowest BCUT2D eigenvalue weighted by Crippen LogP contribution is -2.22. The average Bonchev–Trinajstić information content (AvgIpc) is 2.53. The summed E-state index contributed by atoms with van der Waals surface area (Å²) in [7, 11) is -2.18. The molecule has 0 aliphatic heterocycles. The Morgan fingerprint density at radius 2 is 1.56 bits per heavy atom. The molecule has 0 aromatic heterocycles. The minimum atomic E-state index is -3.79. The molecule has 2 aromatic rings. The molecule has 2 amide bonds. The van der Waals surface area contributed by atoms with E-state index < -0.39 is 10.0 Å². The summed E-state index contributed by atoms with van der Waals surface area (Å²) in [5.41, 5.74) is 1.42. The van der Waals surface area contributed by atoms with Gasteiger partial charge < -0.3 is 10.2 Å². The Balaban J connectivity index is 2.22. The minimum absolute atomic E-state index is 0.0677. The Hall–Kier alpha value is -2.87. The van der Waals surface area contributed by atoms with E-state index in [-0.39, 0.29) is 16.7 Å². The first-order valence-corrected chi connectivity index (χ1v) is 8.92. The summed E-state index contributed by atoms with van der Waals surface area (Å²) in [4.78, 5) is 23.9. The molecule has 0 saturated heterocycles. The third kappa shape index (κ3) is 4.80. The molecule has 0 spiro atoms. The molecule has 8 heteroatoms. The number of sulfonamides is 1. The molecule has 0 unspecified atom stereocenters.